The molecule has 2 rings (SSSR count). The molecule has 2 aromatic rings. The van der Waals surface area contributed by atoms with Gasteiger partial charge in [-0.15, -0.1) is 0 Å². The molecule has 0 saturated heterocycles. The molecule has 17 heavy (non-hydrogen) atoms. The van der Waals surface area contributed by atoms with Crippen molar-refractivity contribution in [2.24, 2.45) is 0 Å². The normalized spacial score (nSPS) is 10.7. The van der Waals surface area contributed by atoms with E-state index in [2.05, 4.69) is 66.3 Å². The third kappa shape index (κ3) is 2.98. The Morgan fingerprint density at radius 1 is 1.12 bits per heavy atom. The van der Waals surface area contributed by atoms with E-state index in [1.165, 1.54) is 23.4 Å². The first-order valence-electron chi connectivity index (χ1n) is 6.25. The highest BCUT2D eigenvalue weighted by atomic mass is 15.0. The molecule has 2 heteroatoms. The lowest BCUT2D eigenvalue weighted by Gasteiger charge is -2.10. The van der Waals surface area contributed by atoms with Crippen molar-refractivity contribution in [1.29, 1.82) is 0 Å². The minimum atomic E-state index is 0.925. The fraction of sp³-hybridized carbons (Fsp3) is 0.333. The summed E-state index contributed by atoms with van der Waals surface area (Å²) in [6.07, 6.45) is 3.29. The van der Waals surface area contributed by atoms with E-state index in [4.69, 9.17) is 0 Å². The Morgan fingerprint density at radius 2 is 1.88 bits per heavy atom. The minimum Gasteiger partial charge on any atom is -0.320 e. The highest BCUT2D eigenvalue weighted by molar-refractivity contribution is 5.37. The van der Waals surface area contributed by atoms with Crippen LogP contribution in [-0.2, 0) is 6.54 Å². The van der Waals surface area contributed by atoms with E-state index in [0.717, 1.165) is 13.1 Å². The lowest BCUT2D eigenvalue weighted by molar-refractivity contribution is 0.656. The van der Waals surface area contributed by atoms with Crippen molar-refractivity contribution in [1.82, 2.24) is 9.88 Å². The molecule has 0 fully saturated rings. The predicted molar refractivity (Wildman–Crippen MR) is 72.5 cm³/mol. The zero-order chi connectivity index (χ0) is 12.1. The molecule has 2 nitrogen and oxygen atoms in total. The number of rotatable bonds is 5. The van der Waals surface area contributed by atoms with E-state index in [9.17, 15) is 0 Å². The fourth-order valence-electron chi connectivity index (χ4n) is 1.91. The van der Waals surface area contributed by atoms with Crippen LogP contribution >= 0.6 is 0 Å². The average molecular weight is 228 g/mol. The number of aromatic nitrogens is 1. The second kappa shape index (κ2) is 5.69. The van der Waals surface area contributed by atoms with Crippen molar-refractivity contribution >= 4 is 0 Å². The second-order valence-electron chi connectivity index (χ2n) is 4.38. The number of hydrogen-bond donors (Lipinski definition) is 1. The fourth-order valence-corrected chi connectivity index (χ4v) is 1.91. The maximum atomic E-state index is 3.44. The summed E-state index contributed by atoms with van der Waals surface area (Å²) in [4.78, 5) is 0. The maximum Gasteiger partial charge on any atom is 0.0453 e. The third-order valence-corrected chi connectivity index (χ3v) is 2.88. The van der Waals surface area contributed by atoms with E-state index >= 15 is 0 Å². The molecule has 0 atom stereocenters. The molecule has 1 aromatic heterocycles. The Kier molecular flexibility index (Phi) is 3.99. The van der Waals surface area contributed by atoms with Crippen LogP contribution in [0.4, 0.5) is 0 Å². The predicted octanol–water partition coefficient (Wildman–Crippen LogP) is 3.29. The van der Waals surface area contributed by atoms with Gasteiger partial charge in [0.25, 0.3) is 0 Å². The molecule has 1 heterocycles. The van der Waals surface area contributed by atoms with Crippen molar-refractivity contribution in [3.05, 3.63) is 53.9 Å². The van der Waals surface area contributed by atoms with Gasteiger partial charge in [-0.05, 0) is 44.2 Å². The quantitative estimate of drug-likeness (QED) is 0.777. The molecule has 1 aromatic carbocycles. The van der Waals surface area contributed by atoms with Gasteiger partial charge in [-0.25, -0.2) is 0 Å². The summed E-state index contributed by atoms with van der Waals surface area (Å²) in [6.45, 7) is 6.29. The van der Waals surface area contributed by atoms with Gasteiger partial charge in [0, 0.05) is 24.1 Å². The van der Waals surface area contributed by atoms with Crippen LogP contribution in [0.2, 0.25) is 0 Å². The van der Waals surface area contributed by atoms with Crippen LogP contribution in [0.5, 0.6) is 0 Å². The number of aryl methyl sites for hydroxylation is 1. The van der Waals surface area contributed by atoms with Crippen LogP contribution in [0.3, 0.4) is 0 Å². The molecule has 0 aliphatic rings. The van der Waals surface area contributed by atoms with Crippen LogP contribution < -0.4 is 5.32 Å². The van der Waals surface area contributed by atoms with Gasteiger partial charge in [-0.1, -0.05) is 24.6 Å². The van der Waals surface area contributed by atoms with E-state index in [1.54, 1.807) is 0 Å². The Morgan fingerprint density at radius 3 is 2.59 bits per heavy atom. The summed E-state index contributed by atoms with van der Waals surface area (Å²) in [5.41, 5.74) is 3.84. The number of benzene rings is 1. The summed E-state index contributed by atoms with van der Waals surface area (Å²) in [7, 11) is 0. The average Bonchev–Trinajstić information content (AvgIpc) is 2.79. The Balaban J connectivity index is 2.15. The molecular weight excluding hydrogens is 208 g/mol. The molecule has 0 amide bonds. The summed E-state index contributed by atoms with van der Waals surface area (Å²) in [5.74, 6) is 0. The van der Waals surface area contributed by atoms with E-state index < -0.39 is 0 Å². The van der Waals surface area contributed by atoms with Gasteiger partial charge in [-0.2, -0.15) is 0 Å². The minimum absolute atomic E-state index is 0.925. The van der Waals surface area contributed by atoms with E-state index in [0.29, 0.717) is 0 Å². The van der Waals surface area contributed by atoms with Gasteiger partial charge >= 0.3 is 0 Å². The largest absolute Gasteiger partial charge is 0.320 e. The topological polar surface area (TPSA) is 17.0 Å². The molecule has 0 aliphatic carbocycles. The van der Waals surface area contributed by atoms with E-state index in [-0.39, 0.29) is 0 Å². The molecular formula is C15H20N2. The third-order valence-electron chi connectivity index (χ3n) is 2.88. The summed E-state index contributed by atoms with van der Waals surface area (Å²) in [6, 6.07) is 12.9. The van der Waals surface area contributed by atoms with Crippen molar-refractivity contribution < 1.29 is 0 Å². The summed E-state index contributed by atoms with van der Waals surface area (Å²) in [5, 5.41) is 3.44. The van der Waals surface area contributed by atoms with Gasteiger partial charge < -0.3 is 9.88 Å². The van der Waals surface area contributed by atoms with Crippen molar-refractivity contribution in [3.8, 4) is 5.69 Å². The summed E-state index contributed by atoms with van der Waals surface area (Å²) >= 11 is 0. The second-order valence-corrected chi connectivity index (χ2v) is 4.38. The highest BCUT2D eigenvalue weighted by Crippen LogP contribution is 2.13. The van der Waals surface area contributed by atoms with Crippen LogP contribution in [0, 0.1) is 6.92 Å². The van der Waals surface area contributed by atoms with E-state index in [1.807, 2.05) is 0 Å². The standard InChI is InChI=1S/C15H20N2/c1-3-10-16-12-15-5-4-11-17(15)14-8-6-13(2)7-9-14/h4-9,11,16H,3,10,12H2,1-2H3. The molecule has 0 aliphatic heterocycles. The van der Waals surface area contributed by atoms with Crippen molar-refractivity contribution in [2.75, 3.05) is 6.54 Å². The van der Waals surface area contributed by atoms with Gasteiger partial charge in [0.05, 0.1) is 0 Å². The van der Waals surface area contributed by atoms with Crippen LogP contribution in [0.1, 0.15) is 24.6 Å². The number of hydrogen-bond acceptors (Lipinski definition) is 1. The zero-order valence-electron chi connectivity index (χ0n) is 10.6. The van der Waals surface area contributed by atoms with Gasteiger partial charge in [0.2, 0.25) is 0 Å². The Bertz CT molecular complexity index is 454. The Labute approximate surface area is 103 Å². The first-order chi connectivity index (χ1) is 8.31. The monoisotopic (exact) mass is 228 g/mol. The highest BCUT2D eigenvalue weighted by Gasteiger charge is 2.02. The zero-order valence-corrected chi connectivity index (χ0v) is 10.6. The van der Waals surface area contributed by atoms with Gasteiger partial charge in [0.15, 0.2) is 0 Å². The molecule has 0 radical (unpaired) electrons. The molecule has 1 N–H and O–H groups in total. The molecule has 0 unspecified atom stereocenters. The first kappa shape index (κ1) is 11.9. The molecule has 90 valence electrons. The SMILES string of the molecule is CCCNCc1cccn1-c1ccc(C)cc1. The smallest absolute Gasteiger partial charge is 0.0453 e. The van der Waals surface area contributed by atoms with Crippen molar-refractivity contribution in [2.45, 2.75) is 26.8 Å². The van der Waals surface area contributed by atoms with Gasteiger partial charge in [-0.3, -0.25) is 0 Å². The molecule has 0 saturated carbocycles. The van der Waals surface area contributed by atoms with Crippen LogP contribution in [0.15, 0.2) is 42.6 Å². The lowest BCUT2D eigenvalue weighted by Crippen LogP contribution is -2.16. The van der Waals surface area contributed by atoms with Crippen LogP contribution in [0.25, 0.3) is 5.69 Å². The van der Waals surface area contributed by atoms with Crippen molar-refractivity contribution in [3.63, 3.8) is 0 Å². The van der Waals surface area contributed by atoms with Gasteiger partial charge in [0.1, 0.15) is 0 Å². The number of nitrogens with one attached hydrogen (secondary N) is 1. The summed E-state index contributed by atoms with van der Waals surface area (Å²) < 4.78 is 2.24. The number of nitrogens with zero attached hydrogens (tertiary/aromatic N) is 1. The van der Waals surface area contributed by atoms with Crippen LogP contribution in [-0.4, -0.2) is 11.1 Å². The lowest BCUT2D eigenvalue weighted by atomic mass is 10.2. The maximum absolute atomic E-state index is 3.44. The first-order valence-corrected chi connectivity index (χ1v) is 6.25. The molecule has 0 spiro atoms. The molecule has 0 bridgehead atoms. The Hall–Kier alpha value is -1.54.